The summed E-state index contributed by atoms with van der Waals surface area (Å²) in [4.78, 5) is 29.2. The predicted molar refractivity (Wildman–Crippen MR) is 167 cm³/mol. The molecule has 1 atom stereocenters. The Morgan fingerprint density at radius 2 is 1.61 bits per heavy atom. The zero-order chi connectivity index (χ0) is 29.6. The van der Waals surface area contributed by atoms with Gasteiger partial charge in [-0.05, 0) is 61.7 Å². The topological polar surface area (TPSA) is 86.8 Å². The molecule has 0 aliphatic heterocycles. The van der Waals surface area contributed by atoms with Crippen molar-refractivity contribution in [2.45, 2.75) is 62.6 Å². The first kappa shape index (κ1) is 31.3. The van der Waals surface area contributed by atoms with Crippen LogP contribution in [0.5, 0.6) is 0 Å². The lowest BCUT2D eigenvalue weighted by atomic mass is 10.1. The van der Waals surface area contributed by atoms with Crippen molar-refractivity contribution < 1.29 is 18.0 Å². The molecule has 41 heavy (non-hydrogen) atoms. The van der Waals surface area contributed by atoms with Gasteiger partial charge in [-0.15, -0.1) is 0 Å². The minimum Gasteiger partial charge on any atom is -0.352 e. The van der Waals surface area contributed by atoms with E-state index >= 15 is 0 Å². The number of carbonyl (C=O) groups is 2. The first-order chi connectivity index (χ1) is 19.6. The van der Waals surface area contributed by atoms with Crippen LogP contribution in [-0.2, 0) is 26.2 Å². The van der Waals surface area contributed by atoms with Gasteiger partial charge >= 0.3 is 0 Å². The maximum Gasteiger partial charge on any atom is 0.264 e. The third-order valence-corrected chi connectivity index (χ3v) is 10.2. The van der Waals surface area contributed by atoms with Crippen LogP contribution in [-0.4, -0.2) is 43.8 Å². The van der Waals surface area contributed by atoms with Gasteiger partial charge in [-0.3, -0.25) is 13.9 Å². The molecule has 3 aromatic carbocycles. The Kier molecular flexibility index (Phi) is 10.7. The SMILES string of the molecule is CC[C@H](C(=O)NC1CCCC1)N(Cc1c(Cl)cccc1Cl)C(=O)CN(c1cccc(Br)c1)S(=O)(=O)c1ccccc1. The second kappa shape index (κ2) is 14.1. The Balaban J connectivity index is 1.74. The Bertz CT molecular complexity index is 1460. The molecule has 0 bridgehead atoms. The Hall–Kier alpha value is -2.59. The molecule has 1 aliphatic carbocycles. The average Bonchev–Trinajstić information content (AvgIpc) is 3.46. The third-order valence-electron chi connectivity index (χ3n) is 7.18. The molecule has 0 spiro atoms. The fourth-order valence-corrected chi connectivity index (χ4v) is 7.35. The van der Waals surface area contributed by atoms with Crippen LogP contribution >= 0.6 is 39.1 Å². The van der Waals surface area contributed by atoms with Crippen LogP contribution in [0, 0.1) is 0 Å². The maximum atomic E-state index is 14.2. The number of carbonyl (C=O) groups excluding carboxylic acids is 2. The van der Waals surface area contributed by atoms with Gasteiger partial charge in [0.05, 0.1) is 10.6 Å². The minimum atomic E-state index is -4.15. The molecule has 1 aliphatic rings. The molecule has 1 saturated carbocycles. The van der Waals surface area contributed by atoms with E-state index in [-0.39, 0.29) is 23.4 Å². The molecular formula is C30H32BrCl2N3O4S. The Morgan fingerprint density at radius 1 is 0.976 bits per heavy atom. The van der Waals surface area contributed by atoms with Gasteiger partial charge in [0.25, 0.3) is 10.0 Å². The van der Waals surface area contributed by atoms with Crippen LogP contribution < -0.4 is 9.62 Å². The smallest absolute Gasteiger partial charge is 0.264 e. The lowest BCUT2D eigenvalue weighted by Gasteiger charge is -2.34. The first-order valence-electron chi connectivity index (χ1n) is 13.5. The second-order valence-corrected chi connectivity index (χ2v) is 13.5. The predicted octanol–water partition coefficient (Wildman–Crippen LogP) is 6.82. The van der Waals surface area contributed by atoms with Crippen LogP contribution in [0.25, 0.3) is 0 Å². The van der Waals surface area contributed by atoms with Crippen LogP contribution in [0.3, 0.4) is 0 Å². The molecule has 3 aromatic rings. The van der Waals surface area contributed by atoms with Crippen molar-refractivity contribution in [3.63, 3.8) is 0 Å². The largest absolute Gasteiger partial charge is 0.352 e. The summed E-state index contributed by atoms with van der Waals surface area (Å²) in [6, 6.07) is 18.9. The molecule has 0 radical (unpaired) electrons. The van der Waals surface area contributed by atoms with Gasteiger partial charge in [-0.2, -0.15) is 0 Å². The van der Waals surface area contributed by atoms with E-state index in [0.29, 0.717) is 32.2 Å². The normalized spacial score (nSPS) is 14.4. The highest BCUT2D eigenvalue weighted by Crippen LogP contribution is 2.30. The van der Waals surface area contributed by atoms with Crippen molar-refractivity contribution >= 4 is 66.7 Å². The van der Waals surface area contributed by atoms with E-state index in [1.807, 2.05) is 6.92 Å². The third kappa shape index (κ3) is 7.63. The standard InChI is InChI=1S/C30H32BrCl2N3O4S/c1-2-28(30(38)34-22-11-6-7-12-22)35(19-25-26(32)16-9-17-27(25)33)29(37)20-36(23-13-8-10-21(31)18-23)41(39,40)24-14-4-3-5-15-24/h3-5,8-10,13-18,22,28H,2,6-7,11-12,19-20H2,1H3,(H,34,38)/t28-/m1/s1. The van der Waals surface area contributed by atoms with Crippen LogP contribution in [0.1, 0.15) is 44.6 Å². The molecule has 0 saturated heterocycles. The summed E-state index contributed by atoms with van der Waals surface area (Å²) < 4.78 is 29.5. The molecule has 1 N–H and O–H groups in total. The summed E-state index contributed by atoms with van der Waals surface area (Å²) >= 11 is 16.4. The first-order valence-corrected chi connectivity index (χ1v) is 16.5. The molecule has 0 unspecified atom stereocenters. The van der Waals surface area contributed by atoms with E-state index in [1.54, 1.807) is 60.7 Å². The van der Waals surface area contributed by atoms with Gasteiger partial charge in [-0.1, -0.05) is 89.2 Å². The van der Waals surface area contributed by atoms with E-state index in [2.05, 4.69) is 21.2 Å². The van der Waals surface area contributed by atoms with E-state index in [4.69, 9.17) is 23.2 Å². The quantitative estimate of drug-likeness (QED) is 0.241. The second-order valence-electron chi connectivity index (χ2n) is 9.94. The van der Waals surface area contributed by atoms with Gasteiger partial charge < -0.3 is 10.2 Å². The minimum absolute atomic E-state index is 0.0412. The van der Waals surface area contributed by atoms with Crippen LogP contribution in [0.4, 0.5) is 5.69 Å². The number of amides is 2. The molecule has 218 valence electrons. The lowest BCUT2D eigenvalue weighted by Crippen LogP contribution is -2.53. The summed E-state index contributed by atoms with van der Waals surface area (Å²) in [5.74, 6) is -0.843. The molecular weight excluding hydrogens is 649 g/mol. The van der Waals surface area contributed by atoms with E-state index in [0.717, 1.165) is 30.0 Å². The Morgan fingerprint density at radius 3 is 2.22 bits per heavy atom. The van der Waals surface area contributed by atoms with E-state index in [9.17, 15) is 18.0 Å². The van der Waals surface area contributed by atoms with Gasteiger partial charge in [0.2, 0.25) is 11.8 Å². The number of nitrogens with zero attached hydrogens (tertiary/aromatic N) is 2. The maximum absolute atomic E-state index is 14.2. The van der Waals surface area contributed by atoms with Gasteiger partial charge in [0.15, 0.2) is 0 Å². The average molecular weight is 681 g/mol. The number of halogens is 3. The highest BCUT2D eigenvalue weighted by Gasteiger charge is 2.35. The van der Waals surface area contributed by atoms with Crippen molar-refractivity contribution in [3.8, 4) is 0 Å². The van der Waals surface area contributed by atoms with Crippen LogP contribution in [0.2, 0.25) is 10.0 Å². The van der Waals surface area contributed by atoms with E-state index in [1.165, 1.54) is 17.0 Å². The van der Waals surface area contributed by atoms with E-state index < -0.39 is 28.5 Å². The lowest BCUT2D eigenvalue weighted by molar-refractivity contribution is -0.140. The van der Waals surface area contributed by atoms with Crippen molar-refractivity contribution in [2.75, 3.05) is 10.8 Å². The highest BCUT2D eigenvalue weighted by molar-refractivity contribution is 9.10. The monoisotopic (exact) mass is 679 g/mol. The molecule has 0 aromatic heterocycles. The number of hydrogen-bond donors (Lipinski definition) is 1. The van der Waals surface area contributed by atoms with Gasteiger partial charge in [-0.25, -0.2) is 8.42 Å². The molecule has 1 fully saturated rings. The van der Waals surface area contributed by atoms with Crippen molar-refractivity contribution in [2.24, 2.45) is 0 Å². The van der Waals surface area contributed by atoms with Crippen molar-refractivity contribution in [1.82, 2.24) is 10.2 Å². The molecule has 4 rings (SSSR count). The Labute approximate surface area is 260 Å². The summed E-state index contributed by atoms with van der Waals surface area (Å²) in [6.07, 6.45) is 4.17. The molecule has 0 heterocycles. The zero-order valence-electron chi connectivity index (χ0n) is 22.6. The number of sulfonamides is 1. The summed E-state index contributed by atoms with van der Waals surface area (Å²) in [5.41, 5.74) is 0.784. The van der Waals surface area contributed by atoms with Crippen LogP contribution in [0.15, 0.2) is 82.2 Å². The van der Waals surface area contributed by atoms with Gasteiger partial charge in [0.1, 0.15) is 12.6 Å². The summed E-state index contributed by atoms with van der Waals surface area (Å²) in [5, 5.41) is 3.79. The number of benzene rings is 3. The fourth-order valence-electron chi connectivity index (χ4n) is 5.02. The summed E-state index contributed by atoms with van der Waals surface area (Å²) in [6.45, 7) is 1.22. The number of rotatable bonds is 11. The molecule has 7 nitrogen and oxygen atoms in total. The fraction of sp³-hybridized carbons (Fsp3) is 0.333. The van der Waals surface area contributed by atoms with Crippen molar-refractivity contribution in [1.29, 1.82) is 0 Å². The number of anilines is 1. The van der Waals surface area contributed by atoms with Gasteiger partial charge in [0, 0.05) is 32.7 Å². The molecule has 2 amide bonds. The van der Waals surface area contributed by atoms with Crippen molar-refractivity contribution in [3.05, 3.63) is 92.9 Å². The highest BCUT2D eigenvalue weighted by atomic mass is 79.9. The molecule has 11 heteroatoms. The zero-order valence-corrected chi connectivity index (χ0v) is 26.5. The number of hydrogen-bond acceptors (Lipinski definition) is 4. The number of nitrogens with one attached hydrogen (secondary N) is 1. The summed E-state index contributed by atoms with van der Waals surface area (Å²) in [7, 11) is -4.15.